The lowest BCUT2D eigenvalue weighted by Crippen LogP contribution is -2.47. The summed E-state index contributed by atoms with van der Waals surface area (Å²) in [5, 5.41) is 11.7. The molecule has 2 heteroatoms. The van der Waals surface area contributed by atoms with Crippen LogP contribution in [0.5, 0.6) is 0 Å². The summed E-state index contributed by atoms with van der Waals surface area (Å²) in [6.07, 6.45) is 0.596. The smallest absolute Gasteiger partial charge is 0.130 e. The number of hydrogen-bond donors (Lipinski definition) is 2. The molecule has 0 aliphatic carbocycles. The molecule has 3 aromatic carbocycles. The summed E-state index contributed by atoms with van der Waals surface area (Å²) in [5.74, 6) is 0. The van der Waals surface area contributed by atoms with E-state index in [1.165, 1.54) is 0 Å². The first-order valence-corrected chi connectivity index (χ1v) is 8.66. The lowest BCUT2D eigenvalue weighted by Gasteiger charge is -2.35. The number of nitrogens with two attached hydrogens (primary N) is 1. The van der Waals surface area contributed by atoms with E-state index in [1.807, 2.05) is 92.7 Å². The Kier molecular flexibility index (Phi) is 5.03. The zero-order chi connectivity index (χ0) is 17.9. The summed E-state index contributed by atoms with van der Waals surface area (Å²) >= 11 is 0. The highest BCUT2D eigenvalue weighted by atomic mass is 16.3. The normalized spacial score (nSPS) is 12.8. The Balaban J connectivity index is 2.04. The van der Waals surface area contributed by atoms with Gasteiger partial charge < -0.3 is 10.8 Å². The fourth-order valence-corrected chi connectivity index (χ4v) is 3.23. The fourth-order valence-electron chi connectivity index (χ4n) is 3.23. The summed E-state index contributed by atoms with van der Waals surface area (Å²) in [6, 6.07) is 25.6. The van der Waals surface area contributed by atoms with Crippen LogP contribution in [0.25, 0.3) is 0 Å². The molecular formula is C23H25NO. The van der Waals surface area contributed by atoms with Gasteiger partial charge >= 0.3 is 0 Å². The maximum absolute atomic E-state index is 11.7. The molecule has 0 aliphatic heterocycles. The second-order valence-electron chi connectivity index (χ2n) is 6.79. The highest BCUT2D eigenvalue weighted by Crippen LogP contribution is 2.34. The number of aryl methyl sites for hydroxylation is 2. The van der Waals surface area contributed by atoms with Gasteiger partial charge in [0.2, 0.25) is 0 Å². The molecule has 0 amide bonds. The van der Waals surface area contributed by atoms with Crippen LogP contribution >= 0.6 is 0 Å². The second kappa shape index (κ2) is 7.22. The van der Waals surface area contributed by atoms with Crippen molar-refractivity contribution in [2.75, 3.05) is 0 Å². The van der Waals surface area contributed by atoms with Crippen molar-refractivity contribution in [1.82, 2.24) is 0 Å². The summed E-state index contributed by atoms with van der Waals surface area (Å²) in [6.45, 7) is 4.08. The van der Waals surface area contributed by atoms with E-state index < -0.39 is 11.6 Å². The maximum Gasteiger partial charge on any atom is 0.130 e. The van der Waals surface area contributed by atoms with E-state index in [2.05, 4.69) is 0 Å². The number of hydrogen-bond acceptors (Lipinski definition) is 2. The van der Waals surface area contributed by atoms with Crippen LogP contribution in [0.2, 0.25) is 0 Å². The lowest BCUT2D eigenvalue weighted by atomic mass is 9.78. The Hall–Kier alpha value is -2.42. The minimum Gasteiger partial charge on any atom is -0.379 e. The van der Waals surface area contributed by atoms with E-state index >= 15 is 0 Å². The quantitative estimate of drug-likeness (QED) is 0.739. The minimum absolute atomic E-state index is 0.458. The molecule has 0 unspecified atom stereocenters. The van der Waals surface area contributed by atoms with Gasteiger partial charge in [-0.3, -0.25) is 0 Å². The van der Waals surface area contributed by atoms with E-state index in [0.717, 1.165) is 27.8 Å². The predicted octanol–water partition coefficient (Wildman–Crippen LogP) is 4.11. The molecule has 0 heterocycles. The molecule has 0 aliphatic rings. The summed E-state index contributed by atoms with van der Waals surface area (Å²) < 4.78 is 0. The van der Waals surface area contributed by atoms with Gasteiger partial charge in [0.25, 0.3) is 0 Å². The van der Waals surface area contributed by atoms with Crippen LogP contribution in [0.3, 0.4) is 0 Å². The Morgan fingerprint density at radius 1 is 0.760 bits per heavy atom. The molecule has 0 bridgehead atoms. The molecule has 0 aromatic heterocycles. The SMILES string of the molecule is Cc1ccc(C(O)(c2ccc(C)cc2)[C@@H](N)Cc2ccccc2)cc1. The topological polar surface area (TPSA) is 46.2 Å². The van der Waals surface area contributed by atoms with E-state index in [1.54, 1.807) is 0 Å². The van der Waals surface area contributed by atoms with Crippen molar-refractivity contribution in [1.29, 1.82) is 0 Å². The minimum atomic E-state index is -1.24. The van der Waals surface area contributed by atoms with Gasteiger partial charge in [0.1, 0.15) is 5.60 Å². The summed E-state index contributed by atoms with van der Waals surface area (Å²) in [4.78, 5) is 0. The highest BCUT2D eigenvalue weighted by Gasteiger charge is 2.38. The first-order valence-electron chi connectivity index (χ1n) is 8.66. The van der Waals surface area contributed by atoms with Crippen LogP contribution in [-0.2, 0) is 12.0 Å². The maximum atomic E-state index is 11.7. The standard InChI is InChI=1S/C23H25NO/c1-17-8-12-20(13-9-17)23(25,21-14-10-18(2)11-15-21)22(24)16-19-6-4-3-5-7-19/h3-15,22,25H,16,24H2,1-2H3/t22-/m0/s1. The van der Waals surface area contributed by atoms with Crippen molar-refractivity contribution in [2.45, 2.75) is 31.9 Å². The van der Waals surface area contributed by atoms with E-state index in [4.69, 9.17) is 5.73 Å². The Bertz CT molecular complexity index is 761. The molecule has 128 valence electrons. The van der Waals surface area contributed by atoms with E-state index in [0.29, 0.717) is 6.42 Å². The van der Waals surface area contributed by atoms with Gasteiger partial charge in [-0.15, -0.1) is 0 Å². The molecule has 0 fully saturated rings. The van der Waals surface area contributed by atoms with E-state index in [-0.39, 0.29) is 0 Å². The van der Waals surface area contributed by atoms with Crippen molar-refractivity contribution >= 4 is 0 Å². The molecule has 2 nitrogen and oxygen atoms in total. The van der Waals surface area contributed by atoms with Crippen LogP contribution < -0.4 is 5.73 Å². The van der Waals surface area contributed by atoms with Gasteiger partial charge in [-0.1, -0.05) is 90.0 Å². The van der Waals surface area contributed by atoms with Crippen molar-refractivity contribution < 1.29 is 5.11 Å². The first-order chi connectivity index (χ1) is 12.0. The average Bonchev–Trinajstić information content (AvgIpc) is 2.63. The Morgan fingerprint density at radius 2 is 1.20 bits per heavy atom. The van der Waals surface area contributed by atoms with Crippen LogP contribution in [-0.4, -0.2) is 11.1 Å². The van der Waals surface area contributed by atoms with Gasteiger partial charge in [-0.2, -0.15) is 0 Å². The van der Waals surface area contributed by atoms with Crippen LogP contribution in [0, 0.1) is 13.8 Å². The third-order valence-electron chi connectivity index (χ3n) is 4.82. The third kappa shape index (κ3) is 3.65. The average molecular weight is 331 g/mol. The van der Waals surface area contributed by atoms with Crippen molar-refractivity contribution in [3.8, 4) is 0 Å². The molecule has 3 aromatic rings. The van der Waals surface area contributed by atoms with Gasteiger partial charge in [-0.05, 0) is 37.0 Å². The van der Waals surface area contributed by atoms with Crippen LogP contribution in [0.4, 0.5) is 0 Å². The zero-order valence-electron chi connectivity index (χ0n) is 14.8. The molecule has 3 N–H and O–H groups in total. The number of aliphatic hydroxyl groups is 1. The van der Waals surface area contributed by atoms with Crippen molar-refractivity contribution in [3.63, 3.8) is 0 Å². The molecule has 3 rings (SSSR count). The highest BCUT2D eigenvalue weighted by molar-refractivity contribution is 5.40. The summed E-state index contributed by atoms with van der Waals surface area (Å²) in [7, 11) is 0. The number of rotatable bonds is 5. The van der Waals surface area contributed by atoms with Gasteiger partial charge in [0, 0.05) is 6.04 Å². The van der Waals surface area contributed by atoms with Gasteiger partial charge in [0.15, 0.2) is 0 Å². The fraction of sp³-hybridized carbons (Fsp3) is 0.217. The van der Waals surface area contributed by atoms with E-state index in [9.17, 15) is 5.11 Å². The molecular weight excluding hydrogens is 306 g/mol. The van der Waals surface area contributed by atoms with Gasteiger partial charge in [0.05, 0.1) is 0 Å². The molecule has 1 atom stereocenters. The third-order valence-corrected chi connectivity index (χ3v) is 4.82. The largest absolute Gasteiger partial charge is 0.379 e. The molecule has 0 saturated heterocycles. The van der Waals surface area contributed by atoms with Crippen LogP contribution in [0.15, 0.2) is 78.9 Å². The Morgan fingerprint density at radius 3 is 1.64 bits per heavy atom. The van der Waals surface area contributed by atoms with Crippen molar-refractivity contribution in [3.05, 3.63) is 107 Å². The molecule has 0 spiro atoms. The predicted molar refractivity (Wildman–Crippen MR) is 103 cm³/mol. The first kappa shape index (κ1) is 17.4. The molecule has 0 saturated carbocycles. The summed E-state index contributed by atoms with van der Waals surface area (Å²) in [5.41, 5.74) is 10.4. The molecule has 0 radical (unpaired) electrons. The lowest BCUT2D eigenvalue weighted by molar-refractivity contribution is 0.0516. The molecule has 25 heavy (non-hydrogen) atoms. The van der Waals surface area contributed by atoms with Crippen LogP contribution in [0.1, 0.15) is 27.8 Å². The monoisotopic (exact) mass is 331 g/mol. The number of benzene rings is 3. The van der Waals surface area contributed by atoms with Crippen molar-refractivity contribution in [2.24, 2.45) is 5.73 Å². The second-order valence-corrected chi connectivity index (χ2v) is 6.79. The Labute approximate surface area is 150 Å². The van der Waals surface area contributed by atoms with Gasteiger partial charge in [-0.25, -0.2) is 0 Å². The zero-order valence-corrected chi connectivity index (χ0v) is 14.8.